The molecule has 0 N–H and O–H groups in total. The third-order valence-electron chi connectivity index (χ3n) is 5.61. The van der Waals surface area contributed by atoms with Gasteiger partial charge in [-0.1, -0.05) is 29.8 Å². The maximum Gasteiger partial charge on any atom is 0.416 e. The zero-order chi connectivity index (χ0) is 24.5. The molecule has 4 nitrogen and oxygen atoms in total. The molecule has 8 heteroatoms. The van der Waals surface area contributed by atoms with E-state index < -0.39 is 17.8 Å². The van der Waals surface area contributed by atoms with Gasteiger partial charge in [0.05, 0.1) is 31.2 Å². The summed E-state index contributed by atoms with van der Waals surface area (Å²) in [6.45, 7) is 4.53. The summed E-state index contributed by atoms with van der Waals surface area (Å²) in [6.07, 6.45) is -4.51. The van der Waals surface area contributed by atoms with E-state index in [0.29, 0.717) is 35.3 Å². The van der Waals surface area contributed by atoms with E-state index in [2.05, 4.69) is 0 Å². The Morgan fingerprint density at radius 2 is 1.62 bits per heavy atom. The SMILES string of the molecule is CCOc1cc2c(cc1OCC)C(c1ccc(Cl)cc1)N(c1cccc(C(F)(F)F)c1)C(=O)C2. The van der Waals surface area contributed by atoms with Crippen molar-refractivity contribution in [1.82, 2.24) is 0 Å². The van der Waals surface area contributed by atoms with Crippen LogP contribution in [0.4, 0.5) is 18.9 Å². The van der Waals surface area contributed by atoms with E-state index in [-0.39, 0.29) is 18.0 Å². The van der Waals surface area contributed by atoms with Crippen LogP contribution in [0.5, 0.6) is 11.5 Å². The van der Waals surface area contributed by atoms with Crippen LogP contribution in [-0.2, 0) is 17.4 Å². The molecule has 0 aliphatic carbocycles. The summed E-state index contributed by atoms with van der Waals surface area (Å²) in [7, 11) is 0. The first-order valence-electron chi connectivity index (χ1n) is 10.9. The second-order valence-electron chi connectivity index (χ2n) is 7.81. The number of alkyl halides is 3. The van der Waals surface area contributed by atoms with Crippen LogP contribution < -0.4 is 14.4 Å². The summed E-state index contributed by atoms with van der Waals surface area (Å²) in [5.74, 6) is 0.720. The number of halogens is 4. The molecule has 3 aromatic rings. The second kappa shape index (κ2) is 9.58. The second-order valence-corrected chi connectivity index (χ2v) is 8.24. The normalized spacial score (nSPS) is 15.8. The number of hydrogen-bond donors (Lipinski definition) is 0. The summed E-state index contributed by atoms with van der Waals surface area (Å²) in [5.41, 5.74) is 1.55. The van der Waals surface area contributed by atoms with Crippen LogP contribution >= 0.6 is 11.6 Å². The first-order chi connectivity index (χ1) is 16.2. The molecule has 34 heavy (non-hydrogen) atoms. The van der Waals surface area contributed by atoms with Crippen molar-refractivity contribution in [3.8, 4) is 11.5 Å². The highest BCUT2D eigenvalue weighted by Gasteiger charge is 2.37. The van der Waals surface area contributed by atoms with Crippen LogP contribution in [0.15, 0.2) is 60.7 Å². The molecule has 0 spiro atoms. The highest BCUT2D eigenvalue weighted by atomic mass is 35.5. The molecule has 1 aliphatic heterocycles. The predicted octanol–water partition coefficient (Wildman–Crippen LogP) is 6.83. The number of carbonyl (C=O) groups is 1. The third kappa shape index (κ3) is 4.71. The standard InChI is InChI=1S/C26H23ClF3NO3/c1-3-33-22-12-17-13-24(32)31(20-7-5-6-18(14-20)26(28,29)30)25(16-8-10-19(27)11-9-16)21(17)15-23(22)34-4-2/h5-12,14-15,25H,3-4,13H2,1-2H3. The molecule has 4 rings (SSSR count). The fourth-order valence-corrected chi connectivity index (χ4v) is 4.32. The fraction of sp³-hybridized carbons (Fsp3) is 0.269. The Hall–Kier alpha value is -3.19. The largest absolute Gasteiger partial charge is 0.490 e. The molecule has 0 aromatic heterocycles. The number of benzene rings is 3. The van der Waals surface area contributed by atoms with E-state index in [1.807, 2.05) is 19.9 Å². The number of amides is 1. The van der Waals surface area contributed by atoms with Crippen molar-refractivity contribution >= 4 is 23.2 Å². The Morgan fingerprint density at radius 1 is 0.971 bits per heavy atom. The number of carbonyl (C=O) groups excluding carboxylic acids is 1. The van der Waals surface area contributed by atoms with Gasteiger partial charge in [0.1, 0.15) is 0 Å². The monoisotopic (exact) mass is 489 g/mol. The van der Waals surface area contributed by atoms with Gasteiger partial charge in [0.15, 0.2) is 11.5 Å². The number of fused-ring (bicyclic) bond motifs is 1. The molecule has 0 radical (unpaired) electrons. The lowest BCUT2D eigenvalue weighted by atomic mass is 9.86. The van der Waals surface area contributed by atoms with Crippen LogP contribution in [-0.4, -0.2) is 19.1 Å². The first kappa shape index (κ1) is 24.0. The number of hydrogen-bond acceptors (Lipinski definition) is 3. The molecule has 3 aromatic carbocycles. The average molecular weight is 490 g/mol. The molecule has 1 atom stereocenters. The van der Waals surface area contributed by atoms with Gasteiger partial charge >= 0.3 is 6.18 Å². The van der Waals surface area contributed by atoms with Crippen molar-refractivity contribution in [2.24, 2.45) is 0 Å². The van der Waals surface area contributed by atoms with E-state index in [9.17, 15) is 18.0 Å². The Balaban J connectivity index is 1.92. The average Bonchev–Trinajstić information content (AvgIpc) is 2.79. The Labute approximate surface area is 200 Å². The molecule has 0 fully saturated rings. The number of anilines is 1. The van der Waals surface area contributed by atoms with Crippen LogP contribution in [0.3, 0.4) is 0 Å². The summed E-state index contributed by atoms with van der Waals surface area (Å²) in [4.78, 5) is 14.8. The van der Waals surface area contributed by atoms with Gasteiger partial charge in [-0.25, -0.2) is 0 Å². The van der Waals surface area contributed by atoms with Crippen LogP contribution in [0.1, 0.15) is 42.1 Å². The van der Waals surface area contributed by atoms with E-state index in [1.54, 1.807) is 30.3 Å². The van der Waals surface area contributed by atoms with Crippen molar-refractivity contribution in [2.45, 2.75) is 32.5 Å². The number of ether oxygens (including phenoxy) is 2. The van der Waals surface area contributed by atoms with Gasteiger partial charge in [0.2, 0.25) is 5.91 Å². The zero-order valence-corrected chi connectivity index (χ0v) is 19.4. The molecule has 0 saturated carbocycles. The van der Waals surface area contributed by atoms with Gasteiger partial charge < -0.3 is 14.4 Å². The van der Waals surface area contributed by atoms with E-state index >= 15 is 0 Å². The van der Waals surface area contributed by atoms with E-state index in [1.165, 1.54) is 17.0 Å². The molecule has 178 valence electrons. The number of nitrogens with zero attached hydrogens (tertiary/aromatic N) is 1. The van der Waals surface area contributed by atoms with Crippen molar-refractivity contribution in [3.05, 3.63) is 87.9 Å². The van der Waals surface area contributed by atoms with Gasteiger partial charge in [-0.05, 0) is 73.0 Å². The molecular weight excluding hydrogens is 467 g/mol. The van der Waals surface area contributed by atoms with Crippen LogP contribution in [0.25, 0.3) is 0 Å². The molecule has 0 bridgehead atoms. The van der Waals surface area contributed by atoms with Crippen molar-refractivity contribution < 1.29 is 27.4 Å². The Bertz CT molecular complexity index is 1190. The molecule has 1 aliphatic rings. The molecular formula is C26H23ClF3NO3. The highest BCUT2D eigenvalue weighted by Crippen LogP contribution is 2.44. The summed E-state index contributed by atoms with van der Waals surface area (Å²) >= 11 is 6.08. The molecule has 1 heterocycles. The Morgan fingerprint density at radius 3 is 2.24 bits per heavy atom. The third-order valence-corrected chi connectivity index (χ3v) is 5.86. The highest BCUT2D eigenvalue weighted by molar-refractivity contribution is 6.30. The maximum absolute atomic E-state index is 13.4. The molecule has 1 unspecified atom stereocenters. The van der Waals surface area contributed by atoms with Crippen molar-refractivity contribution in [1.29, 1.82) is 0 Å². The summed E-state index contributed by atoms with van der Waals surface area (Å²) in [5, 5.41) is 0.512. The molecule has 1 amide bonds. The van der Waals surface area contributed by atoms with E-state index in [4.69, 9.17) is 21.1 Å². The van der Waals surface area contributed by atoms with E-state index in [0.717, 1.165) is 23.3 Å². The van der Waals surface area contributed by atoms with Gasteiger partial charge in [0.25, 0.3) is 0 Å². The lowest BCUT2D eigenvalue weighted by molar-refractivity contribution is -0.137. The van der Waals surface area contributed by atoms with Crippen molar-refractivity contribution in [3.63, 3.8) is 0 Å². The predicted molar refractivity (Wildman–Crippen MR) is 125 cm³/mol. The lowest BCUT2D eigenvalue weighted by Gasteiger charge is -2.38. The summed E-state index contributed by atoms with van der Waals surface area (Å²) in [6, 6.07) is 14.7. The number of rotatable bonds is 6. The summed E-state index contributed by atoms with van der Waals surface area (Å²) < 4.78 is 51.8. The first-order valence-corrected chi connectivity index (χ1v) is 11.3. The molecule has 0 saturated heterocycles. The minimum Gasteiger partial charge on any atom is -0.490 e. The van der Waals surface area contributed by atoms with Gasteiger partial charge in [-0.15, -0.1) is 0 Å². The maximum atomic E-state index is 13.4. The smallest absolute Gasteiger partial charge is 0.416 e. The topological polar surface area (TPSA) is 38.8 Å². The van der Waals surface area contributed by atoms with Crippen LogP contribution in [0, 0.1) is 0 Å². The minimum absolute atomic E-state index is 0.0160. The fourth-order valence-electron chi connectivity index (χ4n) is 4.19. The van der Waals surface area contributed by atoms with Crippen LogP contribution in [0.2, 0.25) is 5.02 Å². The van der Waals surface area contributed by atoms with Gasteiger partial charge in [-0.3, -0.25) is 4.79 Å². The van der Waals surface area contributed by atoms with Gasteiger partial charge in [-0.2, -0.15) is 13.2 Å². The van der Waals surface area contributed by atoms with Gasteiger partial charge in [0, 0.05) is 10.7 Å². The quantitative estimate of drug-likeness (QED) is 0.380. The Kier molecular flexibility index (Phi) is 6.75. The minimum atomic E-state index is -4.53. The zero-order valence-electron chi connectivity index (χ0n) is 18.7. The lowest BCUT2D eigenvalue weighted by Crippen LogP contribution is -2.41. The van der Waals surface area contributed by atoms with Crippen molar-refractivity contribution in [2.75, 3.05) is 18.1 Å².